The van der Waals surface area contributed by atoms with Crippen LogP contribution in [-0.4, -0.2) is 35.8 Å². The van der Waals surface area contributed by atoms with Gasteiger partial charge in [-0.25, -0.2) is 0 Å². The number of hydrogen-bond acceptors (Lipinski definition) is 5. The molecule has 2 aromatic rings. The van der Waals surface area contributed by atoms with Crippen LogP contribution in [0.1, 0.15) is 0 Å². The Balaban J connectivity index is 2.38. The van der Waals surface area contributed by atoms with Crippen molar-refractivity contribution in [3.63, 3.8) is 0 Å². The third-order valence-electron chi connectivity index (χ3n) is 3.22. The maximum Gasteiger partial charge on any atom is 0.295 e. The lowest BCUT2D eigenvalue weighted by Gasteiger charge is -2.14. The van der Waals surface area contributed by atoms with E-state index in [1.165, 1.54) is 6.07 Å². The van der Waals surface area contributed by atoms with Gasteiger partial charge in [-0.3, -0.25) is 9.35 Å². The lowest BCUT2D eigenvalue weighted by Crippen LogP contribution is -2.37. The molecule has 2 aromatic carbocycles. The van der Waals surface area contributed by atoms with Crippen molar-refractivity contribution in [3.05, 3.63) is 36.4 Å². The summed E-state index contributed by atoms with van der Waals surface area (Å²) in [5.41, 5.74) is 6.42. The van der Waals surface area contributed by atoms with Crippen molar-refractivity contribution in [2.45, 2.75) is 10.9 Å². The van der Waals surface area contributed by atoms with Crippen LogP contribution in [0.3, 0.4) is 0 Å². The highest BCUT2D eigenvalue weighted by atomic mass is 127. The number of anilines is 1. The first kappa shape index (κ1) is 17.1. The minimum Gasteiger partial charge on any atom is -0.383 e. The number of hydrogen-bond donors (Lipinski definition) is 3. The van der Waals surface area contributed by atoms with Gasteiger partial charge in [-0.2, -0.15) is 8.42 Å². The normalized spacial score (nSPS) is 13.0. The fourth-order valence-corrected chi connectivity index (χ4v) is 3.37. The molecule has 0 aliphatic rings. The summed E-state index contributed by atoms with van der Waals surface area (Å²) in [6, 6.07) is 9.04. The molecule has 0 aliphatic carbocycles. The average molecular weight is 434 g/mol. The van der Waals surface area contributed by atoms with Crippen molar-refractivity contribution in [2.75, 3.05) is 16.3 Å². The zero-order valence-electron chi connectivity index (χ0n) is 11.5. The fraction of sp³-hybridized carbons (Fsp3) is 0.214. The van der Waals surface area contributed by atoms with Crippen LogP contribution in [0.15, 0.2) is 41.3 Å². The third-order valence-corrected chi connectivity index (χ3v) is 4.88. The minimum atomic E-state index is -4.30. The molecule has 0 radical (unpaired) electrons. The van der Waals surface area contributed by atoms with Gasteiger partial charge in [0.05, 0.1) is 10.5 Å². The van der Waals surface area contributed by atoms with Crippen LogP contribution in [0.25, 0.3) is 10.8 Å². The van der Waals surface area contributed by atoms with Gasteiger partial charge in [0.25, 0.3) is 10.1 Å². The van der Waals surface area contributed by atoms with Crippen molar-refractivity contribution in [1.82, 2.24) is 0 Å². The van der Waals surface area contributed by atoms with E-state index in [4.69, 9.17) is 5.73 Å². The summed E-state index contributed by atoms with van der Waals surface area (Å²) in [4.78, 5) is 11.3. The van der Waals surface area contributed by atoms with Crippen molar-refractivity contribution >= 4 is 55.0 Å². The van der Waals surface area contributed by atoms with E-state index in [0.717, 1.165) is 0 Å². The van der Waals surface area contributed by atoms with Gasteiger partial charge in [0.2, 0.25) is 0 Å². The van der Waals surface area contributed by atoms with Crippen LogP contribution < -0.4 is 11.1 Å². The van der Waals surface area contributed by atoms with Gasteiger partial charge >= 0.3 is 0 Å². The second-order valence-electron chi connectivity index (χ2n) is 4.72. The molecular weight excluding hydrogens is 419 g/mol. The van der Waals surface area contributed by atoms with Gasteiger partial charge in [-0.1, -0.05) is 46.9 Å². The lowest BCUT2D eigenvalue weighted by molar-refractivity contribution is -0.117. The van der Waals surface area contributed by atoms with E-state index >= 15 is 0 Å². The molecule has 6 nitrogen and oxygen atoms in total. The second-order valence-corrected chi connectivity index (χ2v) is 6.87. The molecule has 8 heteroatoms. The fourth-order valence-electron chi connectivity index (χ4n) is 2.09. The summed E-state index contributed by atoms with van der Waals surface area (Å²) in [6.07, 6.45) is 0. The number of Topliss-reactive ketones (excluding diaryl/α,β-unsaturated/α-hetero) is 1. The summed E-state index contributed by atoms with van der Waals surface area (Å²) in [5.74, 6) is -0.0630. The van der Waals surface area contributed by atoms with Gasteiger partial charge in [-0.15, -0.1) is 0 Å². The van der Waals surface area contributed by atoms with E-state index in [9.17, 15) is 17.8 Å². The molecule has 0 saturated carbocycles. The Morgan fingerprint density at radius 1 is 1.23 bits per heavy atom. The monoisotopic (exact) mass is 434 g/mol. The molecule has 118 valence electrons. The lowest BCUT2D eigenvalue weighted by atomic mass is 10.1. The Labute approximate surface area is 142 Å². The van der Waals surface area contributed by atoms with Crippen LogP contribution >= 0.6 is 22.6 Å². The van der Waals surface area contributed by atoms with Crippen LogP contribution in [-0.2, 0) is 14.9 Å². The minimum absolute atomic E-state index is 0.0630. The first-order valence-corrected chi connectivity index (χ1v) is 9.38. The molecule has 0 bridgehead atoms. The Morgan fingerprint density at radius 2 is 1.86 bits per heavy atom. The predicted molar refractivity (Wildman–Crippen MR) is 94.1 cm³/mol. The molecule has 0 aromatic heterocycles. The Hall–Kier alpha value is -1.23. The molecule has 0 aliphatic heterocycles. The van der Waals surface area contributed by atoms with Gasteiger partial charge in [0.15, 0.2) is 5.78 Å². The molecule has 0 spiro atoms. The predicted octanol–water partition coefficient (Wildman–Crippen LogP) is 1.83. The number of alkyl halides is 1. The highest BCUT2D eigenvalue weighted by Gasteiger charge is 2.16. The zero-order valence-corrected chi connectivity index (χ0v) is 14.5. The van der Waals surface area contributed by atoms with E-state index in [2.05, 4.69) is 5.32 Å². The van der Waals surface area contributed by atoms with Crippen molar-refractivity contribution < 1.29 is 17.8 Å². The summed E-state index contributed by atoms with van der Waals surface area (Å²) < 4.78 is 32.5. The molecule has 0 heterocycles. The summed E-state index contributed by atoms with van der Waals surface area (Å²) in [7, 11) is -4.30. The number of nitrogens with one attached hydrogen (secondary N) is 1. The van der Waals surface area contributed by atoms with Crippen molar-refractivity contribution in [3.8, 4) is 0 Å². The zero-order chi connectivity index (χ0) is 16.3. The van der Waals surface area contributed by atoms with Gasteiger partial charge in [-0.05, 0) is 12.1 Å². The molecular formula is C14H15IN2O4S. The number of fused-ring (bicyclic) bond motifs is 1. The number of nitrogens with two attached hydrogens (primary N) is 1. The number of halogens is 1. The van der Waals surface area contributed by atoms with E-state index < -0.39 is 16.2 Å². The first-order valence-electron chi connectivity index (χ1n) is 6.42. The van der Waals surface area contributed by atoms with Gasteiger partial charge in [0.1, 0.15) is 4.90 Å². The van der Waals surface area contributed by atoms with Gasteiger partial charge in [0, 0.05) is 23.0 Å². The Kier molecular flexibility index (Phi) is 5.37. The second kappa shape index (κ2) is 6.90. The van der Waals surface area contributed by atoms with Crippen molar-refractivity contribution in [1.29, 1.82) is 0 Å². The number of benzene rings is 2. The van der Waals surface area contributed by atoms with Crippen LogP contribution in [0, 0.1) is 0 Å². The van der Waals surface area contributed by atoms with E-state index in [-0.39, 0.29) is 17.2 Å². The summed E-state index contributed by atoms with van der Waals surface area (Å²) >= 11 is 1.96. The molecule has 2 rings (SSSR count). The Bertz CT molecular complexity index is 808. The maximum absolute atomic E-state index is 11.5. The molecule has 22 heavy (non-hydrogen) atoms. The number of ketones is 1. The molecule has 4 N–H and O–H groups in total. The molecule has 1 atom stereocenters. The smallest absolute Gasteiger partial charge is 0.295 e. The summed E-state index contributed by atoms with van der Waals surface area (Å²) in [6.45, 7) is 0.247. The highest BCUT2D eigenvalue weighted by Crippen LogP contribution is 2.28. The molecule has 0 saturated heterocycles. The standard InChI is InChI=1S/C14H15IN2O4S/c15-7-13(18)11(16)8-17-12-5-1-4-10-9(12)3-2-6-14(10)22(19,20)21/h1-6,11,17H,7-8,16H2,(H,19,20,21). The van der Waals surface area contributed by atoms with Crippen LogP contribution in [0.5, 0.6) is 0 Å². The number of rotatable bonds is 6. The van der Waals surface area contributed by atoms with Crippen molar-refractivity contribution in [2.24, 2.45) is 5.73 Å². The molecule has 1 unspecified atom stereocenters. The number of carbonyl (C=O) groups excluding carboxylic acids is 1. The van der Waals surface area contributed by atoms with E-state index in [1.807, 2.05) is 22.6 Å². The summed E-state index contributed by atoms with van der Waals surface area (Å²) in [5, 5.41) is 4.09. The number of carbonyl (C=O) groups is 1. The van der Waals surface area contributed by atoms with E-state index in [1.54, 1.807) is 30.3 Å². The van der Waals surface area contributed by atoms with Gasteiger partial charge < -0.3 is 11.1 Å². The average Bonchev–Trinajstić information content (AvgIpc) is 2.50. The largest absolute Gasteiger partial charge is 0.383 e. The van der Waals surface area contributed by atoms with Crippen LogP contribution in [0.4, 0.5) is 5.69 Å². The first-order chi connectivity index (χ1) is 10.3. The molecule has 0 amide bonds. The SMILES string of the molecule is NC(CNc1cccc2c(S(=O)(=O)O)cccc12)C(=O)CI. The van der Waals surface area contributed by atoms with E-state index in [0.29, 0.717) is 20.9 Å². The topological polar surface area (TPSA) is 109 Å². The maximum atomic E-state index is 11.5. The van der Waals surface area contributed by atoms with Crippen LogP contribution in [0.2, 0.25) is 0 Å². The molecule has 0 fully saturated rings. The third kappa shape index (κ3) is 3.75. The Morgan fingerprint density at radius 3 is 2.50 bits per heavy atom. The highest BCUT2D eigenvalue weighted by molar-refractivity contribution is 14.1. The quantitative estimate of drug-likeness (QED) is 0.364.